The zero-order chi connectivity index (χ0) is 14.5. The summed E-state index contributed by atoms with van der Waals surface area (Å²) >= 11 is 0. The third-order valence-corrected chi connectivity index (χ3v) is 3.69. The van der Waals surface area contributed by atoms with E-state index in [2.05, 4.69) is 5.32 Å². The zero-order valence-corrected chi connectivity index (χ0v) is 13.3. The molecule has 2 N–H and O–H groups in total. The molecule has 0 bridgehead atoms. The van der Waals surface area contributed by atoms with Crippen LogP contribution in [0.4, 0.5) is 0 Å². The third-order valence-electron chi connectivity index (χ3n) is 3.69. The van der Waals surface area contributed by atoms with Gasteiger partial charge in [-0.3, -0.25) is 4.79 Å². The Morgan fingerprint density at radius 2 is 2.29 bits per heavy atom. The zero-order valence-electron chi connectivity index (χ0n) is 12.5. The molecule has 0 spiro atoms. The predicted molar refractivity (Wildman–Crippen MR) is 84.0 cm³/mol. The second-order valence-electron chi connectivity index (χ2n) is 5.24. The highest BCUT2D eigenvalue weighted by atomic mass is 35.5. The second-order valence-corrected chi connectivity index (χ2v) is 5.24. The molecule has 0 radical (unpaired) electrons. The smallest absolute Gasteiger partial charge is 0.227 e. The summed E-state index contributed by atoms with van der Waals surface area (Å²) < 4.78 is 5.08. The molecule has 0 unspecified atom stereocenters. The van der Waals surface area contributed by atoms with Gasteiger partial charge in [-0.1, -0.05) is 6.07 Å². The molecule has 1 aromatic carbocycles. The van der Waals surface area contributed by atoms with Gasteiger partial charge in [0, 0.05) is 20.1 Å². The monoisotopic (exact) mass is 314 g/mol. The molecule has 0 saturated carbocycles. The molecule has 1 fully saturated rings. The first kappa shape index (κ1) is 17.6. The number of aromatic hydroxyl groups is 1. The number of nitrogens with zero attached hydrogens (tertiary/aromatic N) is 1. The van der Waals surface area contributed by atoms with Crippen molar-refractivity contribution < 1.29 is 14.6 Å². The number of methoxy groups -OCH3 is 1. The Balaban J connectivity index is 0.00000220. The fourth-order valence-corrected chi connectivity index (χ4v) is 2.55. The molecule has 0 aromatic heterocycles. The van der Waals surface area contributed by atoms with Gasteiger partial charge in [0.05, 0.1) is 13.0 Å². The number of carbonyl (C=O) groups excluding carboxylic acids is 1. The van der Waals surface area contributed by atoms with Gasteiger partial charge in [-0.25, -0.2) is 0 Å². The molecule has 1 atom stereocenters. The SMILES string of the molecule is COc1cc(CN(C)C(=O)[C@@H]2CCCNC2)ccc1O.Cl. The van der Waals surface area contributed by atoms with Crippen molar-refractivity contribution >= 4 is 18.3 Å². The molecule has 118 valence electrons. The number of amides is 1. The first-order valence-corrected chi connectivity index (χ1v) is 6.93. The normalized spacial score (nSPS) is 17.7. The van der Waals surface area contributed by atoms with E-state index in [4.69, 9.17) is 4.74 Å². The quantitative estimate of drug-likeness (QED) is 0.889. The fraction of sp³-hybridized carbons (Fsp3) is 0.533. The average molecular weight is 315 g/mol. The van der Waals surface area contributed by atoms with Crippen LogP contribution in [0, 0.1) is 5.92 Å². The van der Waals surface area contributed by atoms with Crippen LogP contribution >= 0.6 is 12.4 Å². The highest BCUT2D eigenvalue weighted by Crippen LogP contribution is 2.27. The summed E-state index contributed by atoms with van der Waals surface area (Å²) in [6.45, 7) is 2.29. The number of hydrogen-bond donors (Lipinski definition) is 2. The minimum absolute atomic E-state index is 0. The number of hydrogen-bond acceptors (Lipinski definition) is 4. The number of nitrogens with one attached hydrogen (secondary N) is 1. The van der Waals surface area contributed by atoms with Gasteiger partial charge in [-0.15, -0.1) is 12.4 Å². The van der Waals surface area contributed by atoms with E-state index in [-0.39, 0.29) is 30.0 Å². The van der Waals surface area contributed by atoms with E-state index >= 15 is 0 Å². The Bertz CT molecular complexity index is 476. The van der Waals surface area contributed by atoms with Crippen molar-refractivity contribution in [2.24, 2.45) is 5.92 Å². The molecular formula is C15H23ClN2O3. The van der Waals surface area contributed by atoms with Gasteiger partial charge in [-0.05, 0) is 37.1 Å². The molecular weight excluding hydrogens is 292 g/mol. The van der Waals surface area contributed by atoms with E-state index in [1.54, 1.807) is 23.1 Å². The fourth-order valence-electron chi connectivity index (χ4n) is 2.55. The van der Waals surface area contributed by atoms with E-state index in [0.717, 1.165) is 31.5 Å². The van der Waals surface area contributed by atoms with Crippen LogP contribution in [0.3, 0.4) is 0 Å². The van der Waals surface area contributed by atoms with Crippen LogP contribution in [-0.4, -0.2) is 43.2 Å². The highest BCUT2D eigenvalue weighted by Gasteiger charge is 2.23. The third kappa shape index (κ3) is 4.51. The van der Waals surface area contributed by atoms with E-state index in [1.165, 1.54) is 7.11 Å². The van der Waals surface area contributed by atoms with Crippen LogP contribution in [0.1, 0.15) is 18.4 Å². The van der Waals surface area contributed by atoms with Crippen LogP contribution < -0.4 is 10.1 Å². The van der Waals surface area contributed by atoms with Crippen LogP contribution in [0.2, 0.25) is 0 Å². The van der Waals surface area contributed by atoms with E-state index < -0.39 is 0 Å². The van der Waals surface area contributed by atoms with Crippen molar-refractivity contribution in [2.45, 2.75) is 19.4 Å². The minimum atomic E-state index is 0. The summed E-state index contributed by atoms with van der Waals surface area (Å²) in [5, 5.41) is 12.8. The molecule has 1 saturated heterocycles. The molecule has 21 heavy (non-hydrogen) atoms. The van der Waals surface area contributed by atoms with Crippen LogP contribution in [0.15, 0.2) is 18.2 Å². The van der Waals surface area contributed by atoms with Crippen molar-refractivity contribution in [3.63, 3.8) is 0 Å². The van der Waals surface area contributed by atoms with Gasteiger partial charge in [-0.2, -0.15) is 0 Å². The minimum Gasteiger partial charge on any atom is -0.504 e. The average Bonchev–Trinajstić information content (AvgIpc) is 2.49. The molecule has 6 heteroatoms. The summed E-state index contributed by atoms with van der Waals surface area (Å²) in [5.74, 6) is 0.793. The Morgan fingerprint density at radius 3 is 2.90 bits per heavy atom. The molecule has 5 nitrogen and oxygen atoms in total. The maximum Gasteiger partial charge on any atom is 0.227 e. The van der Waals surface area contributed by atoms with Crippen molar-refractivity contribution in [1.82, 2.24) is 10.2 Å². The first-order chi connectivity index (χ1) is 9.61. The predicted octanol–water partition coefficient (Wildman–Crippen LogP) is 1.78. The second kappa shape index (κ2) is 8.10. The van der Waals surface area contributed by atoms with Gasteiger partial charge in [0.2, 0.25) is 5.91 Å². The highest BCUT2D eigenvalue weighted by molar-refractivity contribution is 5.85. The van der Waals surface area contributed by atoms with E-state index in [1.807, 2.05) is 7.05 Å². The number of carbonyl (C=O) groups is 1. The molecule has 1 aliphatic rings. The molecule has 1 heterocycles. The Labute approximate surface area is 131 Å². The van der Waals surface area contributed by atoms with Gasteiger partial charge in [0.25, 0.3) is 0 Å². The maximum atomic E-state index is 12.3. The van der Waals surface area contributed by atoms with Gasteiger partial charge in [0.15, 0.2) is 11.5 Å². The number of halogens is 1. The van der Waals surface area contributed by atoms with E-state index in [0.29, 0.717) is 12.3 Å². The lowest BCUT2D eigenvalue weighted by atomic mass is 9.98. The van der Waals surface area contributed by atoms with Crippen molar-refractivity contribution in [2.75, 3.05) is 27.2 Å². The largest absolute Gasteiger partial charge is 0.504 e. The topological polar surface area (TPSA) is 61.8 Å². The summed E-state index contributed by atoms with van der Waals surface area (Å²) in [4.78, 5) is 14.1. The maximum absolute atomic E-state index is 12.3. The standard InChI is InChI=1S/C15H22N2O3.ClH/c1-17(15(19)12-4-3-7-16-9-12)10-11-5-6-13(18)14(8-11)20-2;/h5-6,8,12,16,18H,3-4,7,9-10H2,1-2H3;1H/t12-;/m1./s1. The number of piperidine rings is 1. The van der Waals surface area contributed by atoms with Crippen LogP contribution in [0.5, 0.6) is 11.5 Å². The number of phenolic OH excluding ortho intramolecular Hbond substituents is 1. The summed E-state index contributed by atoms with van der Waals surface area (Å²) in [7, 11) is 3.33. The van der Waals surface area contributed by atoms with Crippen LogP contribution in [0.25, 0.3) is 0 Å². The van der Waals surface area contributed by atoms with Gasteiger partial charge >= 0.3 is 0 Å². The van der Waals surface area contributed by atoms with Crippen molar-refractivity contribution in [3.8, 4) is 11.5 Å². The molecule has 0 aliphatic carbocycles. The summed E-state index contributed by atoms with van der Waals surface area (Å²) in [6.07, 6.45) is 2.01. The number of rotatable bonds is 4. The molecule has 1 aliphatic heterocycles. The van der Waals surface area contributed by atoms with Gasteiger partial charge in [0.1, 0.15) is 0 Å². The molecule has 1 amide bonds. The first-order valence-electron chi connectivity index (χ1n) is 6.93. The van der Waals surface area contributed by atoms with Crippen LogP contribution in [-0.2, 0) is 11.3 Å². The summed E-state index contributed by atoms with van der Waals surface area (Å²) in [6, 6.07) is 5.16. The number of benzene rings is 1. The molecule has 2 rings (SSSR count). The summed E-state index contributed by atoms with van der Waals surface area (Å²) in [5.41, 5.74) is 0.944. The Morgan fingerprint density at radius 1 is 1.52 bits per heavy atom. The van der Waals surface area contributed by atoms with E-state index in [9.17, 15) is 9.90 Å². The Kier molecular flexibility index (Phi) is 6.78. The van der Waals surface area contributed by atoms with Crippen molar-refractivity contribution in [1.29, 1.82) is 0 Å². The van der Waals surface area contributed by atoms with Gasteiger partial charge < -0.3 is 20.1 Å². The lowest BCUT2D eigenvalue weighted by molar-refractivity contribution is -0.135. The lowest BCUT2D eigenvalue weighted by Crippen LogP contribution is -2.41. The number of ether oxygens (including phenoxy) is 1. The lowest BCUT2D eigenvalue weighted by Gasteiger charge is -2.27. The van der Waals surface area contributed by atoms with Crippen molar-refractivity contribution in [3.05, 3.63) is 23.8 Å². The molecule has 1 aromatic rings. The number of phenols is 1. The Hall–Kier alpha value is -1.46.